The number of hydrogen-bond acceptors (Lipinski definition) is 12. The first-order chi connectivity index (χ1) is 25.4. The number of amides is 6. The molecule has 6 amide bonds. The minimum atomic E-state index is -1.13. The molecule has 7 rings (SSSR count). The molecule has 0 unspecified atom stereocenters. The highest BCUT2D eigenvalue weighted by Crippen LogP contribution is 2.46. The molecule has 4 aliphatic heterocycles. The third-order valence-corrected chi connectivity index (χ3v) is 9.98. The normalized spacial score (nSPS) is 20.7. The SMILES string of the molecule is CCn1c(=O)nc2n(CCOC(=O)CN3C(=O)NC(=O)[C@@H]4[C@@H]5C(=O)NC(=O)N(CC(=O)OCc6ccccc6)[C@@H]5[C@@H]43)c3cc(C)c(C)cc3nc-2c1=O. The lowest BCUT2D eigenvalue weighted by molar-refractivity contribution is -0.169. The molecule has 2 saturated heterocycles. The van der Waals surface area contributed by atoms with E-state index in [1.165, 1.54) is 0 Å². The Bertz CT molecular complexity index is 2300. The van der Waals surface area contributed by atoms with Gasteiger partial charge in [-0.2, -0.15) is 4.98 Å². The molecule has 2 aromatic rings. The third kappa shape index (κ3) is 6.14. The number of carbonyl (C=O) groups excluding carboxylic acids is 6. The number of imide groups is 2. The zero-order valence-corrected chi connectivity index (χ0v) is 28.9. The second kappa shape index (κ2) is 13.6. The van der Waals surface area contributed by atoms with Crippen LogP contribution in [0.4, 0.5) is 9.59 Å². The molecule has 18 heteroatoms. The van der Waals surface area contributed by atoms with Crippen LogP contribution in [0.2, 0.25) is 0 Å². The molecule has 5 aliphatic rings. The molecule has 0 bridgehead atoms. The molecule has 1 saturated carbocycles. The number of esters is 2. The van der Waals surface area contributed by atoms with Gasteiger partial charge in [0.25, 0.3) is 5.56 Å². The molecule has 4 atom stereocenters. The van der Waals surface area contributed by atoms with Crippen molar-refractivity contribution in [3.05, 3.63) is 80.0 Å². The van der Waals surface area contributed by atoms with Crippen LogP contribution in [0.1, 0.15) is 23.6 Å². The Morgan fingerprint density at radius 3 is 1.96 bits per heavy atom. The van der Waals surface area contributed by atoms with Crippen molar-refractivity contribution >= 4 is 46.8 Å². The predicted octanol–water partition coefficient (Wildman–Crippen LogP) is 0.0681. The number of carbonyl (C=O) groups is 6. The lowest BCUT2D eigenvalue weighted by atomic mass is 9.61. The van der Waals surface area contributed by atoms with Gasteiger partial charge >= 0.3 is 29.7 Å². The first-order valence-electron chi connectivity index (χ1n) is 16.9. The van der Waals surface area contributed by atoms with E-state index >= 15 is 0 Å². The Labute approximate surface area is 300 Å². The quantitative estimate of drug-likeness (QED) is 0.164. The molecular formula is C35H34N8O10. The monoisotopic (exact) mass is 726 g/mol. The van der Waals surface area contributed by atoms with Crippen molar-refractivity contribution in [1.82, 2.24) is 39.5 Å². The van der Waals surface area contributed by atoms with Crippen molar-refractivity contribution in [3.63, 3.8) is 0 Å². The van der Waals surface area contributed by atoms with E-state index in [2.05, 4.69) is 20.6 Å². The van der Waals surface area contributed by atoms with Crippen LogP contribution in [0.15, 0.2) is 52.1 Å². The fourth-order valence-corrected chi connectivity index (χ4v) is 7.23. The number of urea groups is 2. The number of fused-ring (bicyclic) bond motifs is 6. The third-order valence-electron chi connectivity index (χ3n) is 9.98. The molecular weight excluding hydrogens is 692 g/mol. The second-order valence-corrected chi connectivity index (χ2v) is 13.0. The maximum absolute atomic E-state index is 13.3. The maximum atomic E-state index is 13.3. The van der Waals surface area contributed by atoms with E-state index in [0.717, 1.165) is 25.5 Å². The number of hydrogen-bond donors (Lipinski definition) is 2. The van der Waals surface area contributed by atoms with Gasteiger partial charge in [-0.3, -0.25) is 39.2 Å². The van der Waals surface area contributed by atoms with E-state index in [-0.39, 0.29) is 37.8 Å². The summed E-state index contributed by atoms with van der Waals surface area (Å²) in [7, 11) is 0. The van der Waals surface area contributed by atoms with Crippen LogP contribution in [0, 0.1) is 25.7 Å². The number of aromatic nitrogens is 4. The number of nitrogens with zero attached hydrogens (tertiary/aromatic N) is 6. The van der Waals surface area contributed by atoms with E-state index in [1.54, 1.807) is 47.9 Å². The number of ether oxygens (including phenoxy) is 2. The highest BCUT2D eigenvalue weighted by Gasteiger charge is 2.67. The second-order valence-electron chi connectivity index (χ2n) is 13.0. The zero-order valence-electron chi connectivity index (χ0n) is 28.9. The Balaban J connectivity index is 1.09. The van der Waals surface area contributed by atoms with Gasteiger partial charge in [0.1, 0.15) is 26.3 Å². The van der Waals surface area contributed by atoms with Crippen LogP contribution in [0.5, 0.6) is 0 Å². The summed E-state index contributed by atoms with van der Waals surface area (Å²) in [6.07, 6.45) is 0. The fourth-order valence-electron chi connectivity index (χ4n) is 7.23. The fraction of sp³-hybridized carbons (Fsp3) is 0.371. The summed E-state index contributed by atoms with van der Waals surface area (Å²) in [6.45, 7) is 3.85. The van der Waals surface area contributed by atoms with Gasteiger partial charge in [0.15, 0.2) is 11.5 Å². The van der Waals surface area contributed by atoms with Crippen molar-refractivity contribution in [2.45, 2.75) is 52.6 Å². The lowest BCUT2D eigenvalue weighted by Gasteiger charge is -2.60. The van der Waals surface area contributed by atoms with Crippen molar-refractivity contribution in [2.75, 3.05) is 19.7 Å². The Morgan fingerprint density at radius 2 is 1.36 bits per heavy atom. The number of nitrogens with one attached hydrogen (secondary N) is 2. The highest BCUT2D eigenvalue weighted by molar-refractivity contribution is 6.08. The Morgan fingerprint density at radius 1 is 0.774 bits per heavy atom. The summed E-state index contributed by atoms with van der Waals surface area (Å²) in [6, 6.07) is 8.38. The topological polar surface area (TPSA) is 221 Å². The van der Waals surface area contributed by atoms with E-state index in [0.29, 0.717) is 16.6 Å². The number of rotatable bonds is 10. The average Bonchev–Trinajstić information content (AvgIpc) is 3.10. The van der Waals surface area contributed by atoms with Crippen LogP contribution >= 0.6 is 0 Å². The number of benzene rings is 2. The molecule has 2 N–H and O–H groups in total. The van der Waals surface area contributed by atoms with Crippen molar-refractivity contribution in [1.29, 1.82) is 0 Å². The van der Waals surface area contributed by atoms with Crippen LogP contribution in [0.3, 0.4) is 0 Å². The first-order valence-corrected chi connectivity index (χ1v) is 16.9. The van der Waals surface area contributed by atoms with Gasteiger partial charge in [0.2, 0.25) is 11.8 Å². The van der Waals surface area contributed by atoms with Crippen LogP contribution in [-0.4, -0.2) is 96.5 Å². The van der Waals surface area contributed by atoms with Gasteiger partial charge in [-0.25, -0.2) is 19.4 Å². The summed E-state index contributed by atoms with van der Waals surface area (Å²) in [5.41, 5.74) is 2.13. The Hall–Kier alpha value is -6.46. The highest BCUT2D eigenvalue weighted by atomic mass is 16.5. The van der Waals surface area contributed by atoms with Gasteiger partial charge in [0.05, 0.1) is 41.5 Å². The summed E-state index contributed by atoms with van der Waals surface area (Å²) < 4.78 is 13.4. The molecule has 0 radical (unpaired) electrons. The molecule has 0 spiro atoms. The summed E-state index contributed by atoms with van der Waals surface area (Å²) >= 11 is 0. The van der Waals surface area contributed by atoms with Crippen molar-refractivity contribution < 1.29 is 38.2 Å². The molecule has 2 aromatic carbocycles. The molecule has 4 heterocycles. The van der Waals surface area contributed by atoms with E-state index in [4.69, 9.17) is 9.47 Å². The average molecular weight is 727 g/mol. The standard InChI is InChI=1S/C35H34N8O10/c1-4-40-32(48)26-29(37-33(40)49)41(21-13-18(3)17(2)12-20(21)36-26)10-11-52-22(44)14-42-27-24(30(46)38-34(42)50)25-28(27)43(35(51)39-31(25)47)15-23(45)53-16-19-8-6-5-7-9-19/h5-9,12-13,24-25,27-28H,4,10-11,14-16H2,1-3H3,(H,38,46,50)(H,39,47,51)/t24-,25+,27-,28+/m1/s1. The molecule has 18 nitrogen and oxygen atoms in total. The molecule has 0 aromatic heterocycles. The van der Waals surface area contributed by atoms with Gasteiger partial charge in [-0.05, 0) is 49.6 Å². The van der Waals surface area contributed by atoms with Gasteiger partial charge in [-0.15, -0.1) is 0 Å². The predicted molar refractivity (Wildman–Crippen MR) is 182 cm³/mol. The molecule has 1 aliphatic carbocycles. The smallest absolute Gasteiger partial charge is 0.352 e. The summed E-state index contributed by atoms with van der Waals surface area (Å²) in [5, 5.41) is 4.32. The molecule has 53 heavy (non-hydrogen) atoms. The largest absolute Gasteiger partial charge is 0.462 e. The number of aryl methyl sites for hydroxylation is 2. The summed E-state index contributed by atoms with van der Waals surface area (Å²) in [5.74, 6) is -5.38. The van der Waals surface area contributed by atoms with Gasteiger partial charge in [0, 0.05) is 6.54 Å². The molecule has 274 valence electrons. The summed E-state index contributed by atoms with van der Waals surface area (Å²) in [4.78, 5) is 115. The van der Waals surface area contributed by atoms with E-state index in [1.807, 2.05) is 19.9 Å². The Kier molecular flexibility index (Phi) is 8.96. The van der Waals surface area contributed by atoms with Crippen molar-refractivity contribution in [3.8, 4) is 11.5 Å². The van der Waals surface area contributed by atoms with Crippen LogP contribution in [-0.2, 0) is 48.3 Å². The van der Waals surface area contributed by atoms with E-state index < -0.39 is 84.1 Å². The lowest BCUT2D eigenvalue weighted by Crippen LogP contribution is -2.83. The molecule has 3 fully saturated rings. The van der Waals surface area contributed by atoms with Crippen LogP contribution < -0.4 is 21.9 Å². The maximum Gasteiger partial charge on any atom is 0.352 e. The minimum Gasteiger partial charge on any atom is -0.462 e. The van der Waals surface area contributed by atoms with Crippen molar-refractivity contribution in [2.24, 2.45) is 11.8 Å². The minimum absolute atomic E-state index is 0.0106. The van der Waals surface area contributed by atoms with Gasteiger partial charge < -0.3 is 23.8 Å². The van der Waals surface area contributed by atoms with Crippen LogP contribution in [0.25, 0.3) is 22.6 Å². The van der Waals surface area contributed by atoms with E-state index in [9.17, 15) is 38.4 Å². The van der Waals surface area contributed by atoms with Gasteiger partial charge in [-0.1, -0.05) is 30.3 Å². The first kappa shape index (κ1) is 35.0. The zero-order chi connectivity index (χ0) is 37.7.